The average Bonchev–Trinajstić information content (AvgIpc) is 3.16. The van der Waals surface area contributed by atoms with Crippen LogP contribution in [0.1, 0.15) is 49.2 Å². The molecule has 0 spiro atoms. The molecular weight excluding hydrogens is 552 g/mol. The first-order chi connectivity index (χ1) is 19.4. The van der Waals surface area contributed by atoms with Crippen molar-refractivity contribution < 1.29 is 36.7 Å². The molecule has 0 bridgehead atoms. The number of fused-ring (bicyclic) bond motifs is 1. The predicted octanol–water partition coefficient (Wildman–Crippen LogP) is 2.07. The highest BCUT2D eigenvalue weighted by atomic mass is 32.2. The summed E-state index contributed by atoms with van der Waals surface area (Å²) in [4.78, 5) is 39.7. The Kier molecular flexibility index (Phi) is 8.98. The molecule has 41 heavy (non-hydrogen) atoms. The number of nitrogens with zero attached hydrogens (tertiary/aromatic N) is 2. The van der Waals surface area contributed by atoms with Crippen LogP contribution in [0.5, 0.6) is 5.75 Å². The Hall–Kier alpha value is -3.97. The molecule has 2 aromatic heterocycles. The first kappa shape index (κ1) is 30.0. The number of aromatic nitrogens is 1. The number of hydrogen-bond acceptors (Lipinski definition) is 8. The second-order valence-corrected chi connectivity index (χ2v) is 12.3. The van der Waals surface area contributed by atoms with Gasteiger partial charge in [-0.05, 0) is 50.3 Å². The second-order valence-electron chi connectivity index (χ2n) is 10.4. The maximum Gasteiger partial charge on any atom is 0.323 e. The van der Waals surface area contributed by atoms with Gasteiger partial charge in [-0.3, -0.25) is 14.4 Å². The first-order valence-corrected chi connectivity index (χ1v) is 14.8. The Morgan fingerprint density at radius 2 is 1.98 bits per heavy atom. The van der Waals surface area contributed by atoms with Crippen LogP contribution < -0.4 is 20.1 Å². The van der Waals surface area contributed by atoms with Crippen LogP contribution in [0, 0.1) is 18.0 Å². The Balaban J connectivity index is 1.49. The number of nitrogens with one attached hydrogen (secondary N) is 2. The molecule has 0 aliphatic carbocycles. The monoisotopic (exact) mass is 586 g/mol. The number of hydrogen-bond donors (Lipinski definition) is 2. The van der Waals surface area contributed by atoms with Gasteiger partial charge in [0.05, 0.1) is 25.1 Å². The van der Waals surface area contributed by atoms with E-state index in [1.165, 1.54) is 25.3 Å². The van der Waals surface area contributed by atoms with Gasteiger partial charge in [0, 0.05) is 24.2 Å². The van der Waals surface area contributed by atoms with Gasteiger partial charge in [0.15, 0.2) is 17.7 Å². The maximum absolute atomic E-state index is 13.4. The molecule has 3 heterocycles. The molecule has 0 radical (unpaired) electrons. The predicted molar refractivity (Wildman–Crippen MR) is 149 cm³/mol. The molecule has 1 aliphatic heterocycles. The topological polar surface area (TPSA) is 162 Å². The summed E-state index contributed by atoms with van der Waals surface area (Å²) in [6, 6.07) is 7.30. The lowest BCUT2D eigenvalue weighted by Gasteiger charge is -2.23. The van der Waals surface area contributed by atoms with E-state index in [0.717, 1.165) is 10.5 Å². The van der Waals surface area contributed by atoms with Crippen LogP contribution >= 0.6 is 0 Å². The summed E-state index contributed by atoms with van der Waals surface area (Å²) >= 11 is 0. The number of carbonyl (C=O) groups is 3. The van der Waals surface area contributed by atoms with Gasteiger partial charge in [-0.15, -0.1) is 0 Å². The van der Waals surface area contributed by atoms with Gasteiger partial charge in [-0.2, -0.15) is 9.04 Å². The van der Waals surface area contributed by atoms with Crippen LogP contribution in [0.3, 0.4) is 0 Å². The summed E-state index contributed by atoms with van der Waals surface area (Å²) < 4.78 is 38.5. The van der Waals surface area contributed by atoms with Crippen molar-refractivity contribution in [1.82, 2.24) is 14.9 Å². The number of carbonyl (C=O) groups excluding carboxylic acids is 3. The normalized spacial score (nSPS) is 17.3. The zero-order valence-corrected chi connectivity index (χ0v) is 24.2. The molecule has 2 N–H and O–H groups in total. The van der Waals surface area contributed by atoms with Crippen LogP contribution in [0.25, 0.3) is 11.0 Å². The van der Waals surface area contributed by atoms with E-state index in [0.29, 0.717) is 28.7 Å². The molecule has 13 heteroatoms. The summed E-state index contributed by atoms with van der Waals surface area (Å²) in [6.07, 6.45) is 1.84. The van der Waals surface area contributed by atoms with E-state index in [1.54, 1.807) is 25.1 Å². The molecule has 1 aromatic carbocycles. The first-order valence-electron chi connectivity index (χ1n) is 13.3. The minimum atomic E-state index is -4.23. The van der Waals surface area contributed by atoms with E-state index in [-0.39, 0.29) is 35.8 Å². The molecule has 1 unspecified atom stereocenters. The number of methoxy groups -OCH3 is 1. The minimum Gasteiger partial charge on any atom is -0.618 e. The third-order valence-corrected chi connectivity index (χ3v) is 8.84. The van der Waals surface area contributed by atoms with Crippen LogP contribution in [-0.2, 0) is 19.6 Å². The SMILES string of the molecule is COc1cccc2oc(C(=O)NC(CC(C)C)C(=O)N[C@H]3CCCN(S(=O)(=O)c4cccc[n+]4[O-])CC3=O)c(C)c12. The Morgan fingerprint density at radius 3 is 2.66 bits per heavy atom. The van der Waals surface area contributed by atoms with Gasteiger partial charge < -0.3 is 25.0 Å². The van der Waals surface area contributed by atoms with Crippen molar-refractivity contribution in [2.45, 2.75) is 57.1 Å². The van der Waals surface area contributed by atoms with E-state index in [1.807, 2.05) is 13.8 Å². The summed E-state index contributed by atoms with van der Waals surface area (Å²) in [5, 5.41) is 17.7. The van der Waals surface area contributed by atoms with Crippen LogP contribution in [0.4, 0.5) is 0 Å². The number of ether oxygens (including phenoxy) is 1. The standard InChI is InChI=1S/C28H34N4O8S/c1-17(2)15-20(30-28(35)26-18(3)25-22(39-4)10-7-11-23(25)40-26)27(34)29-19-9-8-13-31(16-21(19)33)41(37,38)24-12-5-6-14-32(24)36/h5-7,10-12,14,17,19-20H,8-9,13,15-16H2,1-4H3,(H,29,34)(H,30,35)/t19-,20?/m0/s1. The third kappa shape index (κ3) is 6.35. The van der Waals surface area contributed by atoms with Gasteiger partial charge in [0.2, 0.25) is 5.91 Å². The van der Waals surface area contributed by atoms with Crippen molar-refractivity contribution in [1.29, 1.82) is 0 Å². The average molecular weight is 587 g/mol. The fourth-order valence-corrected chi connectivity index (χ4v) is 6.42. The number of rotatable bonds is 9. The number of ketones is 1. The van der Waals surface area contributed by atoms with E-state index < -0.39 is 51.3 Å². The van der Waals surface area contributed by atoms with Gasteiger partial charge in [-0.25, -0.2) is 8.42 Å². The molecule has 4 rings (SSSR count). The number of sulfonamides is 1. The molecule has 12 nitrogen and oxygen atoms in total. The number of benzene rings is 1. The van der Waals surface area contributed by atoms with Crippen LogP contribution in [0.15, 0.2) is 52.0 Å². The molecule has 1 saturated heterocycles. The number of amides is 2. The summed E-state index contributed by atoms with van der Waals surface area (Å²) in [7, 11) is -2.70. The number of aryl methyl sites for hydroxylation is 1. The van der Waals surface area contributed by atoms with Gasteiger partial charge in [0.1, 0.15) is 17.4 Å². The van der Waals surface area contributed by atoms with Crippen molar-refractivity contribution in [3.63, 3.8) is 0 Å². The summed E-state index contributed by atoms with van der Waals surface area (Å²) in [5.41, 5.74) is 1.04. The molecular formula is C28H34N4O8S. The molecule has 1 aliphatic rings. The number of pyridine rings is 1. The smallest absolute Gasteiger partial charge is 0.323 e. The van der Waals surface area contributed by atoms with Gasteiger partial charge in [0.25, 0.3) is 5.91 Å². The van der Waals surface area contributed by atoms with Crippen LogP contribution in [-0.4, -0.2) is 62.6 Å². The third-order valence-electron chi connectivity index (χ3n) is 7.00. The van der Waals surface area contributed by atoms with E-state index in [9.17, 15) is 28.0 Å². The number of furan rings is 1. The van der Waals surface area contributed by atoms with Crippen molar-refractivity contribution >= 4 is 38.6 Å². The quantitative estimate of drug-likeness (QED) is 0.284. The summed E-state index contributed by atoms with van der Waals surface area (Å²) in [5.74, 6) is -1.03. The maximum atomic E-state index is 13.4. The van der Waals surface area contributed by atoms with E-state index >= 15 is 0 Å². The Morgan fingerprint density at radius 1 is 1.22 bits per heavy atom. The molecule has 2 atom stereocenters. The van der Waals surface area contributed by atoms with Crippen molar-refractivity contribution in [3.8, 4) is 5.75 Å². The lowest BCUT2D eigenvalue weighted by Crippen LogP contribution is -2.53. The number of Topliss-reactive ketones (excluding diaryl/α,β-unsaturated/α-hetero) is 1. The fraction of sp³-hybridized carbons (Fsp3) is 0.429. The van der Waals surface area contributed by atoms with Gasteiger partial charge >= 0.3 is 15.0 Å². The second kappa shape index (κ2) is 12.3. The van der Waals surface area contributed by atoms with Crippen molar-refractivity contribution in [3.05, 3.63) is 59.1 Å². The molecule has 2 amide bonds. The fourth-order valence-electron chi connectivity index (χ4n) is 4.95. The highest BCUT2D eigenvalue weighted by Gasteiger charge is 2.37. The van der Waals surface area contributed by atoms with Crippen molar-refractivity contribution in [2.75, 3.05) is 20.2 Å². The lowest BCUT2D eigenvalue weighted by atomic mass is 10.0. The van der Waals surface area contributed by atoms with Gasteiger partial charge in [-0.1, -0.05) is 19.9 Å². The molecule has 0 saturated carbocycles. The highest BCUT2D eigenvalue weighted by molar-refractivity contribution is 7.89. The molecule has 3 aromatic rings. The largest absolute Gasteiger partial charge is 0.618 e. The zero-order valence-electron chi connectivity index (χ0n) is 23.4. The molecule has 1 fully saturated rings. The minimum absolute atomic E-state index is 0.0102. The van der Waals surface area contributed by atoms with E-state index in [2.05, 4.69) is 10.6 Å². The summed E-state index contributed by atoms with van der Waals surface area (Å²) in [6.45, 7) is 5.04. The molecule has 220 valence electrons. The zero-order chi connectivity index (χ0) is 29.9. The van der Waals surface area contributed by atoms with E-state index in [4.69, 9.17) is 9.15 Å². The Bertz CT molecular complexity index is 1570. The highest BCUT2D eigenvalue weighted by Crippen LogP contribution is 2.33. The van der Waals surface area contributed by atoms with Crippen molar-refractivity contribution in [2.24, 2.45) is 5.92 Å². The lowest BCUT2D eigenvalue weighted by molar-refractivity contribution is -0.646. The van der Waals surface area contributed by atoms with Crippen LogP contribution in [0.2, 0.25) is 0 Å². The Labute approximate surface area is 238 Å².